The Hall–Kier alpha value is -4.33. The van der Waals surface area contributed by atoms with Crippen molar-refractivity contribution in [1.29, 1.82) is 0 Å². The van der Waals surface area contributed by atoms with Crippen LogP contribution in [0.5, 0.6) is 0 Å². The zero-order chi connectivity index (χ0) is 30.2. The number of hydrogen-bond donors (Lipinski definition) is 2. The lowest BCUT2D eigenvalue weighted by Crippen LogP contribution is -2.34. The van der Waals surface area contributed by atoms with Crippen molar-refractivity contribution in [2.75, 3.05) is 0 Å². The average molecular weight is 606 g/mol. The van der Waals surface area contributed by atoms with E-state index in [2.05, 4.69) is 15.4 Å². The molecule has 0 bridgehead atoms. The third-order valence-corrected chi connectivity index (χ3v) is 7.60. The van der Waals surface area contributed by atoms with E-state index < -0.39 is 53.7 Å². The number of rotatable bonds is 8. The molecule has 3 heterocycles. The second-order valence-corrected chi connectivity index (χ2v) is 10.5. The number of halogens is 6. The molecule has 0 saturated carbocycles. The smallest absolute Gasteiger partial charge is 0.366 e. The van der Waals surface area contributed by atoms with Gasteiger partial charge in [0.1, 0.15) is 29.7 Å². The molecule has 1 aliphatic rings. The number of pyridine rings is 1. The average Bonchev–Trinajstić information content (AvgIpc) is 3.48. The van der Waals surface area contributed by atoms with Gasteiger partial charge in [0.2, 0.25) is 5.91 Å². The predicted octanol–water partition coefficient (Wildman–Crippen LogP) is 5.33. The van der Waals surface area contributed by atoms with E-state index in [-0.39, 0.29) is 46.0 Å². The maximum Gasteiger partial charge on any atom is 0.433 e. The number of nitrogens with two attached hydrogens (primary N) is 1. The first-order chi connectivity index (χ1) is 19.9. The van der Waals surface area contributed by atoms with Crippen LogP contribution in [0.15, 0.2) is 54.7 Å². The van der Waals surface area contributed by atoms with E-state index in [1.165, 1.54) is 30.1 Å². The SMILES string of the molecule is NC(=O)c1cc(-c2cccnc2CC(NC(=O)Cn2nc3c(c2C(F)(F)F)CSC3)c2cc(F)cc(F)c2)ccc1F. The highest BCUT2D eigenvalue weighted by molar-refractivity contribution is 7.98. The number of amides is 2. The molecular formula is C28H21F6N5O2S. The number of nitrogens with zero attached hydrogens (tertiary/aromatic N) is 3. The molecule has 3 N–H and O–H groups in total. The Balaban J connectivity index is 1.49. The van der Waals surface area contributed by atoms with Crippen molar-refractivity contribution in [2.45, 2.75) is 36.7 Å². The Morgan fingerprint density at radius 2 is 1.79 bits per heavy atom. The summed E-state index contributed by atoms with van der Waals surface area (Å²) in [7, 11) is 0. The van der Waals surface area contributed by atoms with Crippen molar-refractivity contribution in [3.8, 4) is 11.1 Å². The Morgan fingerprint density at radius 3 is 2.48 bits per heavy atom. The fourth-order valence-electron chi connectivity index (χ4n) is 4.84. The molecule has 2 aromatic heterocycles. The van der Waals surface area contributed by atoms with Crippen molar-refractivity contribution in [1.82, 2.24) is 20.1 Å². The second kappa shape index (κ2) is 11.5. The Bertz CT molecular complexity index is 1670. The number of primary amides is 1. The third kappa shape index (κ3) is 6.12. The quantitative estimate of drug-likeness (QED) is 0.265. The van der Waals surface area contributed by atoms with E-state index in [9.17, 15) is 35.9 Å². The highest BCUT2D eigenvalue weighted by atomic mass is 32.2. The number of carbonyl (C=O) groups is 2. The minimum atomic E-state index is -4.75. The van der Waals surface area contributed by atoms with Gasteiger partial charge in [-0.15, -0.1) is 0 Å². The number of fused-ring (bicyclic) bond motifs is 1. The van der Waals surface area contributed by atoms with Crippen LogP contribution in [-0.4, -0.2) is 26.6 Å². The molecule has 218 valence electrons. The molecule has 0 spiro atoms. The molecule has 0 aliphatic carbocycles. The number of nitrogens with one attached hydrogen (secondary N) is 1. The second-order valence-electron chi connectivity index (χ2n) is 9.51. The standard InChI is InChI=1S/C28H21F6N5O2S/c29-16-6-15(7-17(30)9-16)22(37-25(40)11-39-26(28(32,33)34)20-12-42-13-24(20)38-39)10-23-18(2-1-5-36-23)14-3-4-21(31)19(8-14)27(35)41/h1-9,22H,10-13H2,(H2,35,41)(H,37,40). The van der Waals surface area contributed by atoms with Gasteiger partial charge in [0.05, 0.1) is 23.0 Å². The van der Waals surface area contributed by atoms with Crippen LogP contribution in [0.25, 0.3) is 11.1 Å². The number of thioether (sulfide) groups is 1. The van der Waals surface area contributed by atoms with Crippen LogP contribution in [-0.2, 0) is 35.4 Å². The normalized spacial score (nSPS) is 13.6. The van der Waals surface area contributed by atoms with Crippen LogP contribution < -0.4 is 11.1 Å². The Kier molecular flexibility index (Phi) is 7.99. The summed E-state index contributed by atoms with van der Waals surface area (Å²) in [5, 5.41) is 6.55. The van der Waals surface area contributed by atoms with E-state index >= 15 is 0 Å². The topological polar surface area (TPSA) is 103 Å². The fraction of sp³-hybridized carbons (Fsp3) is 0.214. The first kappa shape index (κ1) is 29.2. The predicted molar refractivity (Wildman–Crippen MR) is 141 cm³/mol. The molecule has 5 rings (SSSR count). The first-order valence-electron chi connectivity index (χ1n) is 12.4. The third-order valence-electron chi connectivity index (χ3n) is 6.63. The zero-order valence-corrected chi connectivity index (χ0v) is 22.3. The van der Waals surface area contributed by atoms with Crippen molar-refractivity contribution in [3.05, 3.63) is 106 Å². The van der Waals surface area contributed by atoms with E-state index in [0.717, 1.165) is 18.2 Å². The number of alkyl halides is 3. The van der Waals surface area contributed by atoms with E-state index in [4.69, 9.17) is 5.73 Å². The highest BCUT2D eigenvalue weighted by Crippen LogP contribution is 2.40. The fourth-order valence-corrected chi connectivity index (χ4v) is 5.88. The summed E-state index contributed by atoms with van der Waals surface area (Å²) < 4.78 is 84.7. The molecule has 7 nitrogen and oxygen atoms in total. The first-order valence-corrected chi connectivity index (χ1v) is 13.6. The van der Waals surface area contributed by atoms with Gasteiger partial charge >= 0.3 is 6.18 Å². The molecule has 1 atom stereocenters. The summed E-state index contributed by atoms with van der Waals surface area (Å²) >= 11 is 1.28. The zero-order valence-electron chi connectivity index (χ0n) is 21.5. The maximum absolute atomic E-state index is 14.2. The van der Waals surface area contributed by atoms with Crippen LogP contribution in [0.1, 0.15) is 44.6 Å². The van der Waals surface area contributed by atoms with Gasteiger partial charge in [0.25, 0.3) is 5.91 Å². The summed E-state index contributed by atoms with van der Waals surface area (Å²) in [5.41, 5.74) is 5.18. The molecule has 2 aromatic carbocycles. The van der Waals surface area contributed by atoms with Gasteiger partial charge in [-0.1, -0.05) is 12.1 Å². The Labute approximate surface area is 239 Å². The lowest BCUT2D eigenvalue weighted by Gasteiger charge is -2.21. The lowest BCUT2D eigenvalue weighted by atomic mass is 9.95. The number of benzene rings is 2. The molecule has 2 amide bonds. The van der Waals surface area contributed by atoms with Crippen molar-refractivity contribution >= 4 is 23.6 Å². The van der Waals surface area contributed by atoms with E-state index in [1.54, 1.807) is 12.1 Å². The summed E-state index contributed by atoms with van der Waals surface area (Å²) in [6.07, 6.45) is -3.51. The Morgan fingerprint density at radius 1 is 1.05 bits per heavy atom. The van der Waals surface area contributed by atoms with Gasteiger partial charge in [-0.25, -0.2) is 13.2 Å². The minimum Gasteiger partial charge on any atom is -0.366 e. The summed E-state index contributed by atoms with van der Waals surface area (Å²) in [6.45, 7) is -0.796. The van der Waals surface area contributed by atoms with Crippen molar-refractivity contribution in [2.24, 2.45) is 5.73 Å². The molecule has 0 radical (unpaired) electrons. The molecule has 42 heavy (non-hydrogen) atoms. The van der Waals surface area contributed by atoms with Gasteiger partial charge < -0.3 is 11.1 Å². The molecular weight excluding hydrogens is 584 g/mol. The molecule has 1 unspecified atom stereocenters. The van der Waals surface area contributed by atoms with Gasteiger partial charge in [0, 0.05) is 41.3 Å². The molecule has 0 fully saturated rings. The van der Waals surface area contributed by atoms with Crippen LogP contribution in [0, 0.1) is 17.5 Å². The summed E-state index contributed by atoms with van der Waals surface area (Å²) in [6, 6.07) is 8.27. The van der Waals surface area contributed by atoms with Crippen LogP contribution in [0.3, 0.4) is 0 Å². The van der Waals surface area contributed by atoms with Gasteiger partial charge in [0.15, 0.2) is 0 Å². The number of aromatic nitrogens is 3. The van der Waals surface area contributed by atoms with Gasteiger partial charge in [-0.2, -0.15) is 30.0 Å². The van der Waals surface area contributed by atoms with E-state index in [0.29, 0.717) is 21.9 Å². The van der Waals surface area contributed by atoms with Crippen LogP contribution in [0.4, 0.5) is 26.3 Å². The number of carbonyl (C=O) groups excluding carboxylic acids is 2. The van der Waals surface area contributed by atoms with Crippen molar-refractivity contribution in [3.63, 3.8) is 0 Å². The number of hydrogen-bond acceptors (Lipinski definition) is 5. The van der Waals surface area contributed by atoms with E-state index in [1.807, 2.05) is 0 Å². The van der Waals surface area contributed by atoms with Crippen LogP contribution in [0.2, 0.25) is 0 Å². The van der Waals surface area contributed by atoms with Crippen LogP contribution >= 0.6 is 11.8 Å². The lowest BCUT2D eigenvalue weighted by molar-refractivity contribution is -0.145. The van der Waals surface area contributed by atoms with Crippen molar-refractivity contribution < 1.29 is 35.9 Å². The largest absolute Gasteiger partial charge is 0.433 e. The van der Waals surface area contributed by atoms with Gasteiger partial charge in [-0.3, -0.25) is 19.3 Å². The molecule has 0 saturated heterocycles. The minimum absolute atomic E-state index is 0.00945. The molecule has 1 aliphatic heterocycles. The summed E-state index contributed by atoms with van der Waals surface area (Å²) in [4.78, 5) is 29.1. The summed E-state index contributed by atoms with van der Waals surface area (Å²) in [5.74, 6) is -4.20. The maximum atomic E-state index is 14.2. The molecule has 14 heteroatoms. The highest BCUT2D eigenvalue weighted by Gasteiger charge is 2.41. The van der Waals surface area contributed by atoms with Gasteiger partial charge in [-0.05, 0) is 41.5 Å². The monoisotopic (exact) mass is 605 g/mol. The molecule has 4 aromatic rings.